The molecule has 1 heterocycles. The number of non-ortho nitro benzene ring substituents is 1. The topological polar surface area (TPSA) is 98.0 Å². The lowest BCUT2D eigenvalue weighted by molar-refractivity contribution is -0.384. The molecule has 1 aromatic heterocycles. The zero-order chi connectivity index (χ0) is 18.7. The van der Waals surface area contributed by atoms with Crippen LogP contribution in [0.5, 0.6) is 0 Å². The first-order valence-electron chi connectivity index (χ1n) is 7.59. The maximum atomic E-state index is 13.0. The Kier molecular flexibility index (Phi) is 4.66. The van der Waals surface area contributed by atoms with Crippen LogP contribution in [0.2, 0.25) is 0 Å². The Morgan fingerprint density at radius 1 is 1.19 bits per heavy atom. The molecular weight excluding hydrogens is 339 g/mol. The molecule has 0 saturated carbocycles. The first-order valence-corrected chi connectivity index (χ1v) is 7.59. The number of nitrogens with zero attached hydrogens (tertiary/aromatic N) is 3. The third-order valence-electron chi connectivity index (χ3n) is 3.64. The molecule has 3 aromatic rings. The highest BCUT2D eigenvalue weighted by atomic mass is 19.1. The fourth-order valence-electron chi connectivity index (χ4n) is 2.32. The number of benzene rings is 2. The smallest absolute Gasteiger partial charge is 0.271 e. The number of rotatable bonds is 4. The highest BCUT2D eigenvalue weighted by molar-refractivity contribution is 6.05. The third kappa shape index (κ3) is 3.69. The van der Waals surface area contributed by atoms with Crippen LogP contribution in [-0.4, -0.2) is 20.8 Å². The van der Waals surface area contributed by atoms with E-state index in [-0.39, 0.29) is 17.1 Å². The number of halogens is 1. The average molecular weight is 352 g/mol. The number of carbonyl (C=O) groups excluding carboxylic acids is 1. The van der Waals surface area contributed by atoms with Gasteiger partial charge < -0.3 is 5.32 Å². The van der Waals surface area contributed by atoms with Crippen LogP contribution in [0.1, 0.15) is 16.1 Å². The maximum Gasteiger partial charge on any atom is 0.271 e. The van der Waals surface area contributed by atoms with Crippen LogP contribution in [-0.2, 0) is 0 Å². The molecule has 130 valence electrons. The van der Waals surface area contributed by atoms with E-state index in [1.807, 2.05) is 0 Å². The molecule has 7 nitrogen and oxygen atoms in total. The maximum absolute atomic E-state index is 13.0. The fourth-order valence-corrected chi connectivity index (χ4v) is 2.32. The van der Waals surface area contributed by atoms with E-state index < -0.39 is 10.8 Å². The van der Waals surface area contributed by atoms with Gasteiger partial charge in [-0.2, -0.15) is 0 Å². The minimum absolute atomic E-state index is 0.123. The van der Waals surface area contributed by atoms with Crippen LogP contribution in [0.25, 0.3) is 11.4 Å². The number of aryl methyl sites for hydroxylation is 1. The van der Waals surface area contributed by atoms with Crippen molar-refractivity contribution in [2.45, 2.75) is 6.92 Å². The summed E-state index contributed by atoms with van der Waals surface area (Å²) < 4.78 is 13.0. The predicted molar refractivity (Wildman–Crippen MR) is 93.2 cm³/mol. The second-order valence-corrected chi connectivity index (χ2v) is 5.46. The second-order valence-electron chi connectivity index (χ2n) is 5.46. The van der Waals surface area contributed by atoms with Crippen molar-refractivity contribution in [3.8, 4) is 11.4 Å². The molecule has 1 amide bonds. The Bertz CT molecular complexity index is 990. The SMILES string of the molecule is Cc1nc(-c2ccc(F)cc2)ncc1C(=O)Nc1cccc([N+](=O)[O-])c1. The Labute approximate surface area is 147 Å². The van der Waals surface area contributed by atoms with E-state index in [0.717, 1.165) is 0 Å². The average Bonchev–Trinajstić information content (AvgIpc) is 2.62. The molecule has 0 bridgehead atoms. The molecule has 3 rings (SSSR count). The van der Waals surface area contributed by atoms with Crippen LogP contribution in [0, 0.1) is 22.9 Å². The number of nitro benzene ring substituents is 1. The standard InChI is InChI=1S/C18H13FN4O3/c1-11-16(10-20-17(21-11)12-5-7-13(19)8-6-12)18(24)22-14-3-2-4-15(9-14)23(25)26/h2-10H,1H3,(H,22,24). The van der Waals surface area contributed by atoms with E-state index in [4.69, 9.17) is 0 Å². The highest BCUT2D eigenvalue weighted by Crippen LogP contribution is 2.20. The normalized spacial score (nSPS) is 10.4. The van der Waals surface area contributed by atoms with Gasteiger partial charge in [0.1, 0.15) is 5.82 Å². The molecule has 8 heteroatoms. The van der Waals surface area contributed by atoms with Crippen molar-refractivity contribution in [3.63, 3.8) is 0 Å². The Morgan fingerprint density at radius 3 is 2.58 bits per heavy atom. The van der Waals surface area contributed by atoms with E-state index in [0.29, 0.717) is 22.8 Å². The van der Waals surface area contributed by atoms with Gasteiger partial charge in [-0.3, -0.25) is 14.9 Å². The summed E-state index contributed by atoms with van der Waals surface area (Å²) in [6.07, 6.45) is 1.37. The number of nitro groups is 1. The van der Waals surface area contributed by atoms with Crippen LogP contribution >= 0.6 is 0 Å². The van der Waals surface area contributed by atoms with E-state index in [1.165, 1.54) is 36.5 Å². The zero-order valence-corrected chi connectivity index (χ0v) is 13.6. The van der Waals surface area contributed by atoms with Gasteiger partial charge in [-0.15, -0.1) is 0 Å². The van der Waals surface area contributed by atoms with Gasteiger partial charge in [-0.05, 0) is 37.3 Å². The molecule has 26 heavy (non-hydrogen) atoms. The van der Waals surface area contributed by atoms with E-state index in [1.54, 1.807) is 25.1 Å². The minimum atomic E-state index is -0.540. The molecule has 0 spiro atoms. The van der Waals surface area contributed by atoms with Gasteiger partial charge in [-0.1, -0.05) is 6.07 Å². The number of aromatic nitrogens is 2. The molecule has 0 radical (unpaired) electrons. The molecular formula is C18H13FN4O3. The number of hydrogen-bond donors (Lipinski definition) is 1. The first kappa shape index (κ1) is 17.2. The summed E-state index contributed by atoms with van der Waals surface area (Å²) in [5.74, 6) is -0.471. The lowest BCUT2D eigenvalue weighted by Crippen LogP contribution is -2.15. The van der Waals surface area contributed by atoms with Gasteiger partial charge in [0.15, 0.2) is 5.82 Å². The molecule has 0 atom stereocenters. The fraction of sp³-hybridized carbons (Fsp3) is 0.0556. The molecule has 0 aliphatic heterocycles. The zero-order valence-electron chi connectivity index (χ0n) is 13.6. The van der Waals surface area contributed by atoms with Gasteiger partial charge in [0.25, 0.3) is 11.6 Å². The van der Waals surface area contributed by atoms with Crippen molar-refractivity contribution in [1.29, 1.82) is 0 Å². The van der Waals surface area contributed by atoms with Gasteiger partial charge in [0, 0.05) is 29.6 Å². The predicted octanol–water partition coefficient (Wildman–Crippen LogP) is 3.75. The quantitative estimate of drug-likeness (QED) is 0.569. The van der Waals surface area contributed by atoms with Crippen LogP contribution < -0.4 is 5.32 Å². The van der Waals surface area contributed by atoms with Crippen molar-refractivity contribution < 1.29 is 14.1 Å². The third-order valence-corrected chi connectivity index (χ3v) is 3.64. The van der Waals surface area contributed by atoms with Crippen LogP contribution in [0.3, 0.4) is 0 Å². The minimum Gasteiger partial charge on any atom is -0.322 e. The largest absolute Gasteiger partial charge is 0.322 e. The van der Waals surface area contributed by atoms with E-state index >= 15 is 0 Å². The second kappa shape index (κ2) is 7.06. The van der Waals surface area contributed by atoms with Crippen molar-refractivity contribution >= 4 is 17.3 Å². The number of carbonyl (C=O) groups is 1. The monoisotopic (exact) mass is 352 g/mol. The molecule has 0 fully saturated rings. The van der Waals surface area contributed by atoms with Crippen LogP contribution in [0.4, 0.5) is 15.8 Å². The summed E-state index contributed by atoms with van der Waals surface area (Å²) in [7, 11) is 0. The molecule has 0 saturated heterocycles. The first-order chi connectivity index (χ1) is 12.4. The van der Waals surface area contributed by atoms with Crippen molar-refractivity contribution in [2.24, 2.45) is 0 Å². The molecule has 1 N–H and O–H groups in total. The van der Waals surface area contributed by atoms with Gasteiger partial charge in [-0.25, -0.2) is 14.4 Å². The summed E-state index contributed by atoms with van der Waals surface area (Å²) >= 11 is 0. The number of hydrogen-bond acceptors (Lipinski definition) is 5. The Morgan fingerprint density at radius 2 is 1.92 bits per heavy atom. The number of anilines is 1. The lowest BCUT2D eigenvalue weighted by Gasteiger charge is -2.08. The molecule has 2 aromatic carbocycles. The lowest BCUT2D eigenvalue weighted by atomic mass is 10.1. The number of nitrogens with one attached hydrogen (secondary N) is 1. The summed E-state index contributed by atoms with van der Waals surface area (Å²) in [5, 5.41) is 13.4. The molecule has 0 unspecified atom stereocenters. The molecule has 0 aliphatic rings. The highest BCUT2D eigenvalue weighted by Gasteiger charge is 2.14. The van der Waals surface area contributed by atoms with E-state index in [2.05, 4.69) is 15.3 Å². The summed E-state index contributed by atoms with van der Waals surface area (Å²) in [6, 6.07) is 11.3. The molecule has 0 aliphatic carbocycles. The van der Waals surface area contributed by atoms with E-state index in [9.17, 15) is 19.3 Å². The summed E-state index contributed by atoms with van der Waals surface area (Å²) in [5.41, 5.74) is 1.47. The summed E-state index contributed by atoms with van der Waals surface area (Å²) in [6.45, 7) is 1.65. The van der Waals surface area contributed by atoms with Crippen molar-refractivity contribution in [2.75, 3.05) is 5.32 Å². The van der Waals surface area contributed by atoms with Crippen molar-refractivity contribution in [1.82, 2.24) is 9.97 Å². The number of amides is 1. The van der Waals surface area contributed by atoms with Gasteiger partial charge in [0.2, 0.25) is 0 Å². The summed E-state index contributed by atoms with van der Waals surface area (Å²) in [4.78, 5) is 31.1. The van der Waals surface area contributed by atoms with Crippen molar-refractivity contribution in [3.05, 3.63) is 81.9 Å². The Balaban J connectivity index is 1.83. The Hall–Kier alpha value is -3.68. The van der Waals surface area contributed by atoms with Gasteiger partial charge in [0.05, 0.1) is 16.2 Å². The van der Waals surface area contributed by atoms with Crippen LogP contribution in [0.15, 0.2) is 54.7 Å². The van der Waals surface area contributed by atoms with Gasteiger partial charge >= 0.3 is 0 Å².